The largest absolute Gasteiger partial charge is 0.497 e. The van der Waals surface area contributed by atoms with Gasteiger partial charge < -0.3 is 4.74 Å². The Morgan fingerprint density at radius 3 is 2.30 bits per heavy atom. The van der Waals surface area contributed by atoms with Gasteiger partial charge in [0.05, 0.1) is 17.6 Å². The Bertz CT molecular complexity index is 859. The van der Waals surface area contributed by atoms with Gasteiger partial charge >= 0.3 is 0 Å². The molecule has 1 fully saturated rings. The molecule has 0 amide bonds. The summed E-state index contributed by atoms with van der Waals surface area (Å²) in [6.45, 7) is 5.19. The Labute approximate surface area is 161 Å². The zero-order chi connectivity index (χ0) is 19.7. The highest BCUT2D eigenvalue weighted by Gasteiger charge is 2.33. The summed E-state index contributed by atoms with van der Waals surface area (Å²) in [5, 5.41) is 7.62. The second-order valence-electron chi connectivity index (χ2n) is 8.22. The number of ether oxygens (including phenoxy) is 1. The molecule has 148 valence electrons. The van der Waals surface area contributed by atoms with Crippen LogP contribution in [0.2, 0.25) is 0 Å². The van der Waals surface area contributed by atoms with Crippen molar-refractivity contribution < 1.29 is 13.2 Å². The predicted molar refractivity (Wildman–Crippen MR) is 107 cm³/mol. The quantitative estimate of drug-likeness (QED) is 0.811. The SMILES string of the molecule is COc1ccc(-c2cc([C@H]3CC[C@H](NS(=O)(=O)C(C)(C)C)CC3)[nH]n2)cc1. The Morgan fingerprint density at radius 2 is 1.74 bits per heavy atom. The van der Waals surface area contributed by atoms with Crippen LogP contribution in [-0.2, 0) is 10.0 Å². The lowest BCUT2D eigenvalue weighted by atomic mass is 9.84. The fourth-order valence-electron chi connectivity index (χ4n) is 3.37. The van der Waals surface area contributed by atoms with E-state index in [4.69, 9.17) is 4.74 Å². The van der Waals surface area contributed by atoms with E-state index in [-0.39, 0.29) is 6.04 Å². The van der Waals surface area contributed by atoms with Crippen LogP contribution in [0.15, 0.2) is 30.3 Å². The van der Waals surface area contributed by atoms with Gasteiger partial charge in [0.25, 0.3) is 0 Å². The van der Waals surface area contributed by atoms with Crippen molar-refractivity contribution in [2.24, 2.45) is 0 Å². The second-order valence-corrected chi connectivity index (χ2v) is 10.7. The van der Waals surface area contributed by atoms with Crippen LogP contribution in [-0.4, -0.2) is 36.5 Å². The monoisotopic (exact) mass is 391 g/mol. The maximum Gasteiger partial charge on any atom is 0.216 e. The fraction of sp³-hybridized carbons (Fsp3) is 0.550. The number of nitrogens with one attached hydrogen (secondary N) is 2. The molecular formula is C20H29N3O3S. The second kappa shape index (κ2) is 7.64. The molecule has 1 aromatic heterocycles. The molecule has 1 aliphatic rings. The number of nitrogens with zero attached hydrogens (tertiary/aromatic N) is 1. The first-order valence-electron chi connectivity index (χ1n) is 9.41. The Morgan fingerprint density at radius 1 is 1.11 bits per heavy atom. The molecule has 2 aromatic rings. The number of benzene rings is 1. The van der Waals surface area contributed by atoms with E-state index >= 15 is 0 Å². The lowest BCUT2D eigenvalue weighted by Gasteiger charge is -2.30. The number of sulfonamides is 1. The van der Waals surface area contributed by atoms with Gasteiger partial charge in [-0.15, -0.1) is 0 Å². The molecule has 1 heterocycles. The molecule has 1 aromatic carbocycles. The number of hydrogen-bond donors (Lipinski definition) is 2. The van der Waals surface area contributed by atoms with Crippen molar-refractivity contribution in [1.29, 1.82) is 0 Å². The minimum absolute atomic E-state index is 0.0226. The highest BCUT2D eigenvalue weighted by atomic mass is 32.2. The molecule has 0 aliphatic heterocycles. The molecule has 0 atom stereocenters. The van der Waals surface area contributed by atoms with Crippen LogP contribution >= 0.6 is 0 Å². The minimum Gasteiger partial charge on any atom is -0.497 e. The average Bonchev–Trinajstić information content (AvgIpc) is 3.11. The zero-order valence-electron chi connectivity index (χ0n) is 16.5. The van der Waals surface area contributed by atoms with Gasteiger partial charge in [0.2, 0.25) is 10.0 Å². The van der Waals surface area contributed by atoms with E-state index in [1.807, 2.05) is 24.3 Å². The standard InChI is InChI=1S/C20H29N3O3S/c1-20(2,3)27(24,25)23-16-9-5-14(6-10-16)18-13-19(22-21-18)15-7-11-17(26-4)12-8-15/h7-8,11-14,16,23H,5-6,9-10H2,1-4H3,(H,21,22)/t14-,16-. The van der Waals surface area contributed by atoms with E-state index in [2.05, 4.69) is 21.0 Å². The number of aromatic nitrogens is 2. The van der Waals surface area contributed by atoms with Crippen molar-refractivity contribution in [3.8, 4) is 17.0 Å². The van der Waals surface area contributed by atoms with Crippen molar-refractivity contribution in [2.75, 3.05) is 7.11 Å². The molecule has 1 aliphatic carbocycles. The third kappa shape index (κ3) is 4.52. The minimum atomic E-state index is -3.30. The van der Waals surface area contributed by atoms with Crippen LogP contribution in [0.1, 0.15) is 58.1 Å². The normalized spacial score (nSPS) is 21.2. The molecule has 27 heavy (non-hydrogen) atoms. The summed E-state index contributed by atoms with van der Waals surface area (Å²) in [7, 11) is -1.65. The van der Waals surface area contributed by atoms with Crippen molar-refractivity contribution in [3.05, 3.63) is 36.0 Å². The van der Waals surface area contributed by atoms with Crippen LogP contribution in [0.25, 0.3) is 11.3 Å². The third-order valence-corrected chi connectivity index (χ3v) is 7.53. The van der Waals surface area contributed by atoms with Gasteiger partial charge in [0.15, 0.2) is 0 Å². The number of methoxy groups -OCH3 is 1. The zero-order valence-corrected chi connectivity index (χ0v) is 17.3. The number of rotatable bonds is 5. The van der Waals surface area contributed by atoms with Gasteiger partial charge in [-0.1, -0.05) is 0 Å². The molecule has 0 saturated heterocycles. The maximum atomic E-state index is 12.3. The summed E-state index contributed by atoms with van der Waals surface area (Å²) in [4.78, 5) is 0. The van der Waals surface area contributed by atoms with Gasteiger partial charge in [-0.3, -0.25) is 5.10 Å². The van der Waals surface area contributed by atoms with E-state index < -0.39 is 14.8 Å². The van der Waals surface area contributed by atoms with E-state index in [0.29, 0.717) is 5.92 Å². The Hall–Kier alpha value is -1.86. The molecule has 1 saturated carbocycles. The molecule has 6 nitrogen and oxygen atoms in total. The van der Waals surface area contributed by atoms with Crippen molar-refractivity contribution >= 4 is 10.0 Å². The molecule has 2 N–H and O–H groups in total. The predicted octanol–water partition coefficient (Wildman–Crippen LogP) is 3.83. The lowest BCUT2D eigenvalue weighted by molar-refractivity contribution is 0.367. The summed E-state index contributed by atoms with van der Waals surface area (Å²) in [6.07, 6.45) is 3.58. The topological polar surface area (TPSA) is 84.1 Å². The molecule has 0 unspecified atom stereocenters. The summed E-state index contributed by atoms with van der Waals surface area (Å²) in [5.41, 5.74) is 3.09. The van der Waals surface area contributed by atoms with Gasteiger partial charge in [0, 0.05) is 23.2 Å². The van der Waals surface area contributed by atoms with Gasteiger partial charge in [0.1, 0.15) is 5.75 Å². The van der Waals surface area contributed by atoms with Gasteiger partial charge in [-0.25, -0.2) is 13.1 Å². The van der Waals surface area contributed by atoms with Gasteiger partial charge in [-0.05, 0) is 76.8 Å². The summed E-state index contributed by atoms with van der Waals surface area (Å²) in [5.74, 6) is 1.21. The number of aromatic amines is 1. The molecule has 3 rings (SSSR count). The van der Waals surface area contributed by atoms with Crippen molar-refractivity contribution in [3.63, 3.8) is 0 Å². The highest BCUT2D eigenvalue weighted by Crippen LogP contribution is 2.34. The maximum absolute atomic E-state index is 12.3. The average molecular weight is 392 g/mol. The van der Waals surface area contributed by atoms with Crippen LogP contribution in [0.4, 0.5) is 0 Å². The molecule has 7 heteroatoms. The van der Waals surface area contributed by atoms with Crippen LogP contribution < -0.4 is 9.46 Å². The van der Waals surface area contributed by atoms with Crippen LogP contribution in [0.3, 0.4) is 0 Å². The Balaban J connectivity index is 1.61. The first kappa shape index (κ1) is 19.9. The van der Waals surface area contributed by atoms with E-state index in [9.17, 15) is 8.42 Å². The first-order chi connectivity index (χ1) is 12.7. The molecular weight excluding hydrogens is 362 g/mol. The van der Waals surface area contributed by atoms with E-state index in [0.717, 1.165) is 48.4 Å². The first-order valence-corrected chi connectivity index (χ1v) is 10.9. The molecule has 0 bridgehead atoms. The molecule has 0 spiro atoms. The van der Waals surface area contributed by atoms with Crippen LogP contribution in [0, 0.1) is 0 Å². The van der Waals surface area contributed by atoms with Crippen molar-refractivity contribution in [2.45, 2.75) is 63.2 Å². The Kier molecular flexibility index (Phi) is 5.63. The highest BCUT2D eigenvalue weighted by molar-refractivity contribution is 7.90. The summed E-state index contributed by atoms with van der Waals surface area (Å²) in [6, 6.07) is 9.97. The number of hydrogen-bond acceptors (Lipinski definition) is 4. The summed E-state index contributed by atoms with van der Waals surface area (Å²) >= 11 is 0. The van der Waals surface area contributed by atoms with E-state index in [1.54, 1.807) is 27.9 Å². The summed E-state index contributed by atoms with van der Waals surface area (Å²) < 4.78 is 32.0. The third-order valence-electron chi connectivity index (χ3n) is 5.28. The fourth-order valence-corrected chi connectivity index (χ4v) is 4.40. The van der Waals surface area contributed by atoms with Crippen LogP contribution in [0.5, 0.6) is 5.75 Å². The molecule has 0 radical (unpaired) electrons. The van der Waals surface area contributed by atoms with Crippen molar-refractivity contribution in [1.82, 2.24) is 14.9 Å². The number of H-pyrrole nitrogens is 1. The van der Waals surface area contributed by atoms with E-state index in [1.165, 1.54) is 0 Å². The smallest absolute Gasteiger partial charge is 0.216 e. The van der Waals surface area contributed by atoms with Gasteiger partial charge in [-0.2, -0.15) is 5.10 Å². The lowest BCUT2D eigenvalue weighted by Crippen LogP contribution is -2.45.